The first-order chi connectivity index (χ1) is 31.6. The van der Waals surface area contributed by atoms with Crippen LogP contribution < -0.4 is 0 Å². The van der Waals surface area contributed by atoms with Crippen LogP contribution in [0.5, 0.6) is 0 Å². The van der Waals surface area contributed by atoms with E-state index in [4.69, 9.17) is 14.2 Å². The van der Waals surface area contributed by atoms with Gasteiger partial charge in [0.1, 0.15) is 19.3 Å². The molecule has 64 heavy (non-hydrogen) atoms. The van der Waals surface area contributed by atoms with Crippen LogP contribution >= 0.6 is 0 Å². The van der Waals surface area contributed by atoms with Gasteiger partial charge in [0.05, 0.1) is 0 Å². The molecule has 0 spiro atoms. The first-order valence-corrected chi connectivity index (χ1v) is 27.5. The molecule has 0 amide bonds. The van der Waals surface area contributed by atoms with E-state index in [1.54, 1.807) is 0 Å². The number of carbonyl (C=O) groups excluding carboxylic acids is 2. The smallest absolute Gasteiger partial charge is 0.305 e. The van der Waals surface area contributed by atoms with Crippen LogP contribution in [0.25, 0.3) is 0 Å². The summed E-state index contributed by atoms with van der Waals surface area (Å²) >= 11 is 0. The molecule has 370 valence electrons. The van der Waals surface area contributed by atoms with Crippen LogP contribution in [0.15, 0.2) is 72.9 Å². The van der Waals surface area contributed by atoms with Gasteiger partial charge in [0.15, 0.2) is 0 Å². The molecule has 0 fully saturated rings. The van der Waals surface area contributed by atoms with Crippen molar-refractivity contribution >= 4 is 11.9 Å². The number of unbranched alkanes of at least 4 members (excludes halogenated alkanes) is 27. The molecule has 0 rings (SSSR count). The molecule has 5 nitrogen and oxygen atoms in total. The largest absolute Gasteiger partial charge is 0.463 e. The summed E-state index contributed by atoms with van der Waals surface area (Å²) in [4.78, 5) is 25.3. The molecule has 0 aromatic carbocycles. The number of esters is 2. The van der Waals surface area contributed by atoms with Crippen LogP contribution in [-0.2, 0) is 23.8 Å². The van der Waals surface area contributed by atoms with Gasteiger partial charge in [-0.3, -0.25) is 9.59 Å². The Hall–Kier alpha value is -2.66. The van der Waals surface area contributed by atoms with Crippen molar-refractivity contribution in [1.29, 1.82) is 0 Å². The molecule has 0 aliphatic carbocycles. The van der Waals surface area contributed by atoms with Crippen molar-refractivity contribution in [3.8, 4) is 0 Å². The fraction of sp³-hybridized carbons (Fsp3) is 0.763. The minimum atomic E-state index is -0.417. The van der Waals surface area contributed by atoms with Crippen molar-refractivity contribution < 1.29 is 23.8 Å². The van der Waals surface area contributed by atoms with Crippen LogP contribution in [0.1, 0.15) is 265 Å². The molecule has 0 radical (unpaired) electrons. The molecule has 0 aliphatic heterocycles. The van der Waals surface area contributed by atoms with Gasteiger partial charge in [-0.05, 0) is 89.9 Å². The minimum absolute atomic E-state index is 0.139. The van der Waals surface area contributed by atoms with E-state index >= 15 is 0 Å². The van der Waals surface area contributed by atoms with E-state index in [2.05, 4.69) is 93.7 Å². The highest BCUT2D eigenvalue weighted by Gasteiger charge is 2.16. The van der Waals surface area contributed by atoms with Crippen LogP contribution in [0.2, 0.25) is 0 Å². The monoisotopic (exact) mass is 893 g/mol. The summed E-state index contributed by atoms with van der Waals surface area (Å²) in [6.07, 6.45) is 70.8. The Labute approximate surface area is 397 Å². The summed E-state index contributed by atoms with van der Waals surface area (Å²) in [6, 6.07) is 0. The van der Waals surface area contributed by atoms with Crippen LogP contribution in [0.3, 0.4) is 0 Å². The summed E-state index contributed by atoms with van der Waals surface area (Å²) in [5.41, 5.74) is 0. The third-order valence-electron chi connectivity index (χ3n) is 11.8. The SMILES string of the molecule is CC/C=C\C/C=C\C/C=C\CCCCCCCC(=O)OC[C@H](COC(=O)CCCCCC/C=C\C/C=C\C/C=C\CCCCC)OCCCCCCCCCCCCCCCCCC. The lowest BCUT2D eigenvalue weighted by Gasteiger charge is -2.18. The van der Waals surface area contributed by atoms with E-state index in [0.29, 0.717) is 19.4 Å². The summed E-state index contributed by atoms with van der Waals surface area (Å²) in [5, 5.41) is 0. The van der Waals surface area contributed by atoms with Gasteiger partial charge < -0.3 is 14.2 Å². The highest BCUT2D eigenvalue weighted by atomic mass is 16.6. The molecule has 0 aliphatic rings. The molecule has 0 saturated heterocycles. The Morgan fingerprint density at radius 2 is 0.641 bits per heavy atom. The predicted octanol–water partition coefficient (Wildman–Crippen LogP) is 18.7. The molecule has 0 unspecified atom stereocenters. The second-order valence-corrected chi connectivity index (χ2v) is 18.1. The maximum absolute atomic E-state index is 12.6. The Morgan fingerprint density at radius 3 is 1.03 bits per heavy atom. The van der Waals surface area contributed by atoms with Crippen molar-refractivity contribution in [2.24, 2.45) is 0 Å². The average Bonchev–Trinajstić information content (AvgIpc) is 3.30. The second kappa shape index (κ2) is 54.7. The zero-order chi connectivity index (χ0) is 46.3. The number of allylic oxidation sites excluding steroid dienone is 12. The lowest BCUT2D eigenvalue weighted by atomic mass is 10.0. The van der Waals surface area contributed by atoms with Crippen molar-refractivity contribution in [3.63, 3.8) is 0 Å². The molecular weight excluding hydrogens is 789 g/mol. The molecule has 1 atom stereocenters. The van der Waals surface area contributed by atoms with E-state index in [-0.39, 0.29) is 25.2 Å². The molecule has 0 N–H and O–H groups in total. The number of rotatable bonds is 50. The fourth-order valence-electron chi connectivity index (χ4n) is 7.62. The molecule has 0 bridgehead atoms. The summed E-state index contributed by atoms with van der Waals surface area (Å²) in [6.45, 7) is 7.57. The minimum Gasteiger partial charge on any atom is -0.463 e. The second-order valence-electron chi connectivity index (χ2n) is 18.1. The van der Waals surface area contributed by atoms with Crippen molar-refractivity contribution in [2.75, 3.05) is 19.8 Å². The summed E-state index contributed by atoms with van der Waals surface area (Å²) in [5.74, 6) is -0.372. The van der Waals surface area contributed by atoms with Gasteiger partial charge in [-0.2, -0.15) is 0 Å². The first kappa shape index (κ1) is 61.3. The Balaban J connectivity index is 4.32. The Kier molecular flexibility index (Phi) is 52.4. The van der Waals surface area contributed by atoms with Gasteiger partial charge in [0.2, 0.25) is 0 Å². The van der Waals surface area contributed by atoms with Gasteiger partial charge in [-0.25, -0.2) is 0 Å². The van der Waals surface area contributed by atoms with Gasteiger partial charge in [-0.1, -0.05) is 235 Å². The molecule has 0 aromatic heterocycles. The quantitative estimate of drug-likeness (QED) is 0.0346. The van der Waals surface area contributed by atoms with E-state index in [0.717, 1.165) is 103 Å². The van der Waals surface area contributed by atoms with Gasteiger partial charge in [-0.15, -0.1) is 0 Å². The molecule has 0 aromatic rings. The van der Waals surface area contributed by atoms with Crippen molar-refractivity contribution in [1.82, 2.24) is 0 Å². The van der Waals surface area contributed by atoms with E-state index in [1.165, 1.54) is 128 Å². The average molecular weight is 893 g/mol. The molecular formula is C59H104O5. The lowest BCUT2D eigenvalue weighted by molar-refractivity contribution is -0.155. The van der Waals surface area contributed by atoms with Crippen LogP contribution in [0.4, 0.5) is 0 Å². The Morgan fingerprint density at radius 1 is 0.344 bits per heavy atom. The highest BCUT2D eigenvalue weighted by molar-refractivity contribution is 5.69. The number of hydrogen-bond acceptors (Lipinski definition) is 5. The topological polar surface area (TPSA) is 61.8 Å². The van der Waals surface area contributed by atoms with E-state index in [1.807, 2.05) is 0 Å². The van der Waals surface area contributed by atoms with Gasteiger partial charge in [0, 0.05) is 19.4 Å². The van der Waals surface area contributed by atoms with Gasteiger partial charge in [0.25, 0.3) is 0 Å². The van der Waals surface area contributed by atoms with Crippen LogP contribution in [-0.4, -0.2) is 37.9 Å². The maximum Gasteiger partial charge on any atom is 0.305 e. The zero-order valence-electron chi connectivity index (χ0n) is 42.5. The normalized spacial score (nSPS) is 12.7. The summed E-state index contributed by atoms with van der Waals surface area (Å²) < 4.78 is 17.5. The fourth-order valence-corrected chi connectivity index (χ4v) is 7.62. The third-order valence-corrected chi connectivity index (χ3v) is 11.8. The van der Waals surface area contributed by atoms with Crippen LogP contribution in [0, 0.1) is 0 Å². The van der Waals surface area contributed by atoms with E-state index < -0.39 is 6.10 Å². The number of hydrogen-bond donors (Lipinski definition) is 0. The zero-order valence-corrected chi connectivity index (χ0v) is 42.5. The number of ether oxygens (including phenoxy) is 3. The molecule has 0 heterocycles. The molecule has 0 saturated carbocycles. The van der Waals surface area contributed by atoms with Gasteiger partial charge >= 0.3 is 11.9 Å². The third kappa shape index (κ3) is 52.0. The highest BCUT2D eigenvalue weighted by Crippen LogP contribution is 2.15. The Bertz CT molecular complexity index is 1150. The van der Waals surface area contributed by atoms with E-state index in [9.17, 15) is 9.59 Å². The standard InChI is InChI=1S/C59H104O5/c1-4-7-10-13-16-19-22-25-28-30-32-35-38-41-44-47-50-53-59(61)64-56-57(62-54-51-48-45-42-39-36-33-29-26-23-20-17-14-11-8-5-2)55-63-58(60)52-49-46-43-40-37-34-31-27-24-21-18-15-12-9-6-3/h9,12,16,18-19,21,25,27-28,31-32,35,57H,4-8,10-11,13-15,17,20,22-24,26,29-30,33-34,36-56H2,1-3H3/b12-9-,19-16-,21-18-,28-25-,31-27-,35-32-/t57-/m1/s1. The van der Waals surface area contributed by atoms with Crippen molar-refractivity contribution in [2.45, 2.75) is 271 Å². The number of carbonyl (C=O) groups is 2. The summed E-state index contributed by atoms with van der Waals surface area (Å²) in [7, 11) is 0. The maximum atomic E-state index is 12.6. The lowest BCUT2D eigenvalue weighted by Crippen LogP contribution is -2.29. The first-order valence-electron chi connectivity index (χ1n) is 27.5. The molecule has 5 heteroatoms. The van der Waals surface area contributed by atoms with Crippen molar-refractivity contribution in [3.05, 3.63) is 72.9 Å². The predicted molar refractivity (Wildman–Crippen MR) is 279 cm³/mol.